The Kier molecular flexibility index (Phi) is 6.54. The van der Waals surface area contributed by atoms with Crippen molar-refractivity contribution in [2.45, 2.75) is 32.7 Å². The lowest BCUT2D eigenvalue weighted by molar-refractivity contribution is -0.116. The van der Waals surface area contributed by atoms with E-state index in [1.807, 2.05) is 6.20 Å². The maximum absolute atomic E-state index is 13.4. The van der Waals surface area contributed by atoms with Gasteiger partial charge in [-0.3, -0.25) is 4.79 Å². The van der Waals surface area contributed by atoms with E-state index < -0.39 is 0 Å². The third kappa shape index (κ3) is 5.36. The largest absolute Gasteiger partial charge is 0.351 e. The molecule has 0 saturated heterocycles. The van der Waals surface area contributed by atoms with Crippen LogP contribution in [0.1, 0.15) is 31.2 Å². The third-order valence-corrected chi connectivity index (χ3v) is 3.53. The van der Waals surface area contributed by atoms with E-state index in [-0.39, 0.29) is 11.7 Å². The van der Waals surface area contributed by atoms with Crippen molar-refractivity contribution in [2.24, 2.45) is 0 Å². The molecule has 1 aromatic carbocycles. The van der Waals surface area contributed by atoms with E-state index in [1.54, 1.807) is 24.4 Å². The van der Waals surface area contributed by atoms with E-state index in [0.29, 0.717) is 18.7 Å². The smallest absolute Gasteiger partial charge is 0.244 e. The van der Waals surface area contributed by atoms with Crippen molar-refractivity contribution in [3.8, 4) is 0 Å². The van der Waals surface area contributed by atoms with Gasteiger partial charge in [0.25, 0.3) is 0 Å². The summed E-state index contributed by atoms with van der Waals surface area (Å²) in [5.41, 5.74) is 0.402. The lowest BCUT2D eigenvalue weighted by Crippen LogP contribution is -2.25. The van der Waals surface area contributed by atoms with Gasteiger partial charge in [0.15, 0.2) is 0 Å². The average molecular weight is 315 g/mol. The van der Waals surface area contributed by atoms with E-state index in [1.165, 1.54) is 18.2 Å². The number of carbonyl (C=O) groups is 1. The van der Waals surface area contributed by atoms with Crippen molar-refractivity contribution in [3.63, 3.8) is 0 Å². The van der Waals surface area contributed by atoms with Gasteiger partial charge < -0.3 is 9.88 Å². The van der Waals surface area contributed by atoms with Crippen molar-refractivity contribution in [1.29, 1.82) is 0 Å². The zero-order valence-electron chi connectivity index (χ0n) is 13.3. The van der Waals surface area contributed by atoms with E-state index in [2.05, 4.69) is 21.8 Å². The molecule has 0 bridgehead atoms. The number of aromatic nitrogens is 2. The summed E-state index contributed by atoms with van der Waals surface area (Å²) >= 11 is 0. The maximum Gasteiger partial charge on any atom is 0.244 e. The van der Waals surface area contributed by atoms with Gasteiger partial charge in [-0.25, -0.2) is 9.37 Å². The highest BCUT2D eigenvalue weighted by atomic mass is 19.1. The Bertz CT molecular complexity index is 664. The molecule has 2 aromatic rings. The standard InChI is InChI=1S/C18H22FN3O/c1-2-3-8-17-20-11-13-22(17)14-12-21-18(23)10-9-15-6-4-5-7-16(15)19/h4-7,9-11,13H,2-3,8,12,14H2,1H3,(H,21,23)/b10-9+. The van der Waals surface area contributed by atoms with E-state index in [4.69, 9.17) is 0 Å². The summed E-state index contributed by atoms with van der Waals surface area (Å²) in [5.74, 6) is 0.474. The predicted octanol–water partition coefficient (Wildman–Crippen LogP) is 3.19. The van der Waals surface area contributed by atoms with Gasteiger partial charge in [-0.05, 0) is 18.6 Å². The second-order valence-corrected chi connectivity index (χ2v) is 5.29. The summed E-state index contributed by atoms with van der Waals surface area (Å²) in [6, 6.07) is 6.35. The Labute approximate surface area is 136 Å². The number of nitrogens with one attached hydrogen (secondary N) is 1. The Hall–Kier alpha value is -2.43. The molecule has 0 aliphatic rings. The first-order chi connectivity index (χ1) is 11.2. The Morgan fingerprint density at radius 1 is 1.39 bits per heavy atom. The van der Waals surface area contributed by atoms with Gasteiger partial charge in [0, 0.05) is 43.5 Å². The van der Waals surface area contributed by atoms with Crippen LogP contribution in [0.5, 0.6) is 0 Å². The van der Waals surface area contributed by atoms with Gasteiger partial charge in [-0.1, -0.05) is 31.5 Å². The molecule has 0 spiro atoms. The third-order valence-electron chi connectivity index (χ3n) is 3.53. The zero-order chi connectivity index (χ0) is 16.5. The molecule has 23 heavy (non-hydrogen) atoms. The summed E-state index contributed by atoms with van der Waals surface area (Å²) in [6.07, 6.45) is 9.72. The van der Waals surface area contributed by atoms with Gasteiger partial charge in [0.1, 0.15) is 11.6 Å². The minimum absolute atomic E-state index is 0.233. The summed E-state index contributed by atoms with van der Waals surface area (Å²) in [5, 5.41) is 2.80. The van der Waals surface area contributed by atoms with E-state index in [9.17, 15) is 9.18 Å². The number of amides is 1. The van der Waals surface area contributed by atoms with Gasteiger partial charge in [0.05, 0.1) is 0 Å². The van der Waals surface area contributed by atoms with Crippen LogP contribution in [0.2, 0.25) is 0 Å². The quantitative estimate of drug-likeness (QED) is 0.761. The molecular formula is C18H22FN3O. The number of aryl methyl sites for hydroxylation is 1. The van der Waals surface area contributed by atoms with Crippen molar-refractivity contribution in [3.05, 3.63) is 59.9 Å². The van der Waals surface area contributed by atoms with Crippen LogP contribution in [-0.4, -0.2) is 22.0 Å². The van der Waals surface area contributed by atoms with Gasteiger partial charge in [-0.2, -0.15) is 0 Å². The molecule has 122 valence electrons. The molecule has 0 saturated carbocycles. The SMILES string of the molecule is CCCCc1nccn1CCNC(=O)/C=C/c1ccccc1F. The number of halogens is 1. The molecular weight excluding hydrogens is 293 g/mol. The summed E-state index contributed by atoms with van der Waals surface area (Å²) in [7, 11) is 0. The van der Waals surface area contributed by atoms with E-state index >= 15 is 0 Å². The second-order valence-electron chi connectivity index (χ2n) is 5.29. The van der Waals surface area contributed by atoms with Gasteiger partial charge in [-0.15, -0.1) is 0 Å². The van der Waals surface area contributed by atoms with Crippen molar-refractivity contribution in [1.82, 2.24) is 14.9 Å². The van der Waals surface area contributed by atoms with Crippen LogP contribution in [0.4, 0.5) is 4.39 Å². The highest BCUT2D eigenvalue weighted by molar-refractivity contribution is 5.91. The fourth-order valence-corrected chi connectivity index (χ4v) is 2.24. The summed E-state index contributed by atoms with van der Waals surface area (Å²) in [6.45, 7) is 3.34. The predicted molar refractivity (Wildman–Crippen MR) is 89.3 cm³/mol. The van der Waals surface area contributed by atoms with Crippen molar-refractivity contribution in [2.75, 3.05) is 6.54 Å². The molecule has 4 nitrogen and oxygen atoms in total. The van der Waals surface area contributed by atoms with Crippen LogP contribution in [0.15, 0.2) is 42.7 Å². The molecule has 1 N–H and O–H groups in total. The number of nitrogens with zero attached hydrogens (tertiary/aromatic N) is 2. The van der Waals surface area contributed by atoms with Crippen molar-refractivity contribution >= 4 is 12.0 Å². The van der Waals surface area contributed by atoms with Crippen LogP contribution in [0.3, 0.4) is 0 Å². The molecule has 1 heterocycles. The summed E-state index contributed by atoms with van der Waals surface area (Å²) in [4.78, 5) is 16.1. The molecule has 1 amide bonds. The van der Waals surface area contributed by atoms with Gasteiger partial charge in [0.2, 0.25) is 5.91 Å². The summed E-state index contributed by atoms with van der Waals surface area (Å²) < 4.78 is 15.5. The number of carbonyl (C=O) groups excluding carboxylic acids is 1. The normalized spacial score (nSPS) is 11.0. The second kappa shape index (κ2) is 8.88. The highest BCUT2D eigenvalue weighted by Gasteiger charge is 2.03. The number of imidazole rings is 1. The fourth-order valence-electron chi connectivity index (χ4n) is 2.24. The Morgan fingerprint density at radius 2 is 2.22 bits per heavy atom. The number of benzene rings is 1. The lowest BCUT2D eigenvalue weighted by atomic mass is 10.2. The number of hydrogen-bond donors (Lipinski definition) is 1. The van der Waals surface area contributed by atoms with Crippen LogP contribution >= 0.6 is 0 Å². The highest BCUT2D eigenvalue weighted by Crippen LogP contribution is 2.07. The average Bonchev–Trinajstić information content (AvgIpc) is 2.99. The number of rotatable bonds is 8. The fraction of sp³-hybridized carbons (Fsp3) is 0.333. The molecule has 0 aliphatic heterocycles. The molecule has 0 radical (unpaired) electrons. The van der Waals surface area contributed by atoms with Crippen molar-refractivity contribution < 1.29 is 9.18 Å². The monoisotopic (exact) mass is 315 g/mol. The Balaban J connectivity index is 1.79. The van der Waals surface area contributed by atoms with Crippen LogP contribution in [0, 0.1) is 5.82 Å². The molecule has 0 aliphatic carbocycles. The molecule has 2 rings (SSSR count). The Morgan fingerprint density at radius 3 is 3.00 bits per heavy atom. The molecule has 0 unspecified atom stereocenters. The molecule has 0 atom stereocenters. The first-order valence-corrected chi connectivity index (χ1v) is 7.91. The molecule has 5 heteroatoms. The zero-order valence-corrected chi connectivity index (χ0v) is 13.3. The van der Waals surface area contributed by atoms with E-state index in [0.717, 1.165) is 25.1 Å². The van der Waals surface area contributed by atoms with Gasteiger partial charge >= 0.3 is 0 Å². The van der Waals surface area contributed by atoms with Crippen LogP contribution in [0.25, 0.3) is 6.08 Å². The first-order valence-electron chi connectivity index (χ1n) is 7.91. The topological polar surface area (TPSA) is 46.9 Å². The minimum atomic E-state index is -0.337. The molecule has 0 fully saturated rings. The number of hydrogen-bond acceptors (Lipinski definition) is 2. The number of unbranched alkanes of at least 4 members (excludes halogenated alkanes) is 1. The van der Waals surface area contributed by atoms with Crippen LogP contribution < -0.4 is 5.32 Å². The lowest BCUT2D eigenvalue weighted by Gasteiger charge is -2.07. The molecule has 1 aromatic heterocycles. The maximum atomic E-state index is 13.4. The first kappa shape index (κ1) is 16.9. The minimum Gasteiger partial charge on any atom is -0.351 e. The van der Waals surface area contributed by atoms with Crippen LogP contribution in [-0.2, 0) is 17.8 Å².